The van der Waals surface area contributed by atoms with Crippen molar-refractivity contribution in [1.82, 2.24) is 34.8 Å². The molecule has 2 aliphatic heterocycles. The number of nitrogens with zero attached hydrogens (tertiary/aromatic N) is 9. The summed E-state index contributed by atoms with van der Waals surface area (Å²) in [5.74, 6) is 0.843. The van der Waals surface area contributed by atoms with Gasteiger partial charge in [-0.25, -0.2) is 60.0 Å². The zero-order chi connectivity index (χ0) is 68.5. The first-order chi connectivity index (χ1) is 44.4. The fourth-order valence-electron chi connectivity index (χ4n) is 9.56. The van der Waals surface area contributed by atoms with Gasteiger partial charge in [0.1, 0.15) is 40.1 Å². The van der Waals surface area contributed by atoms with Gasteiger partial charge in [-0.2, -0.15) is 0 Å². The van der Waals surface area contributed by atoms with E-state index < -0.39 is 63.1 Å². The molecule has 2 unspecified atom stereocenters. The summed E-state index contributed by atoms with van der Waals surface area (Å²) in [6, 6.07) is 35.9. The van der Waals surface area contributed by atoms with Crippen molar-refractivity contribution in [2.24, 2.45) is 10.3 Å². The number of hydrogen-bond acceptors (Lipinski definition) is 21. The molecule has 2 atom stereocenters. The van der Waals surface area contributed by atoms with E-state index in [9.17, 15) is 30.0 Å². The maximum Gasteiger partial charge on any atom is 0.410 e. The van der Waals surface area contributed by atoms with Crippen molar-refractivity contribution >= 4 is 70.6 Å². The van der Waals surface area contributed by atoms with Crippen LogP contribution in [0.2, 0.25) is 0 Å². The summed E-state index contributed by atoms with van der Waals surface area (Å²) in [4.78, 5) is 52.3. The molecule has 494 valence electrons. The number of anilines is 3. The van der Waals surface area contributed by atoms with E-state index in [0.29, 0.717) is 69.8 Å². The number of benzene rings is 5. The predicted molar refractivity (Wildman–Crippen MR) is 367 cm³/mol. The first-order valence-corrected chi connectivity index (χ1v) is 35.1. The summed E-state index contributed by atoms with van der Waals surface area (Å²) in [6.45, 7) is 21.6. The molecule has 5 heterocycles. The van der Waals surface area contributed by atoms with Crippen molar-refractivity contribution in [3.8, 4) is 33.8 Å². The summed E-state index contributed by atoms with van der Waals surface area (Å²) in [5.41, 5.74) is 28.6. The minimum atomic E-state index is -3.37. The minimum absolute atomic E-state index is 0.240. The average Bonchev–Trinajstić information content (AvgIpc) is 1.13. The molecule has 0 saturated carbocycles. The molecule has 22 nitrogen and oxygen atoms in total. The second-order valence-corrected chi connectivity index (χ2v) is 31.8. The lowest BCUT2D eigenvalue weighted by Crippen LogP contribution is -2.33. The number of ether oxygens (including phenoxy) is 1. The van der Waals surface area contributed by atoms with E-state index in [1.807, 2.05) is 45.0 Å². The topological polar surface area (TPSA) is 331 Å². The second kappa shape index (κ2) is 29.7. The monoisotopic (exact) mass is 1330 g/mol. The molecular formula is C69H80N12O10S3. The standard InChI is InChI=1S/C29H35N5O5S.C25H28N4O3S.C15H17N3O2S/c1-18(2)40(36,37)22-13-11-21(12-14-22)24-16-31-27(30)26(32-24)25-15-23(33-39-25)20-9-7-19(8-10-20)17-34(6)28(35)38-29(3,4)5;1-4-5-17-6-8-18(9-7-17)21-14-23(32-29-21)24-25(26)27-15-22(28-24)19-10-12-20(13-11-19)33(30,31)16(2)3;1-4-13-15(16)17-9-14(18-13)11-5-7-12(8-6-11)21(19,20)10(2)3/h7-14,16,18,25H,15,17H2,1-6H3,(H2,30,31);6-13,15-16,23H,4-5,14H2,1-3H3,(H2,26,27);4-10H,1H2,2-3H3,(H2,16,17). The molecule has 5 aromatic carbocycles. The number of hydrogen-bond donors (Lipinski definition) is 3. The normalized spacial score (nSPS) is 14.8. The lowest BCUT2D eigenvalue weighted by Gasteiger charge is -2.24. The van der Waals surface area contributed by atoms with Crippen molar-refractivity contribution in [3.63, 3.8) is 0 Å². The molecule has 0 bridgehead atoms. The van der Waals surface area contributed by atoms with E-state index in [-0.39, 0.29) is 27.5 Å². The largest absolute Gasteiger partial charge is 0.444 e. The van der Waals surface area contributed by atoms with Crippen LogP contribution in [-0.2, 0) is 56.9 Å². The first kappa shape index (κ1) is 70.4. The van der Waals surface area contributed by atoms with Crippen LogP contribution in [0.25, 0.3) is 39.8 Å². The number of nitrogen functional groups attached to an aromatic ring is 3. The third-order valence-corrected chi connectivity index (χ3v) is 21.7. The number of rotatable bonds is 18. The van der Waals surface area contributed by atoms with Gasteiger partial charge in [-0.15, -0.1) is 0 Å². The van der Waals surface area contributed by atoms with Crippen LogP contribution in [0.1, 0.15) is 140 Å². The zero-order valence-corrected chi connectivity index (χ0v) is 57.0. The first-order valence-electron chi connectivity index (χ1n) is 30.5. The van der Waals surface area contributed by atoms with Crippen LogP contribution in [0.4, 0.5) is 22.2 Å². The molecule has 3 aromatic heterocycles. The summed E-state index contributed by atoms with van der Waals surface area (Å²) < 4.78 is 79.2. The fraction of sp³-hybridized carbons (Fsp3) is 0.319. The Morgan fingerprint density at radius 1 is 0.553 bits per heavy atom. The molecule has 0 saturated heterocycles. The van der Waals surface area contributed by atoms with Gasteiger partial charge in [0.25, 0.3) is 0 Å². The van der Waals surface area contributed by atoms with Crippen LogP contribution in [0.3, 0.4) is 0 Å². The van der Waals surface area contributed by atoms with E-state index in [1.54, 1.807) is 140 Å². The Hall–Kier alpha value is -9.46. The molecule has 10 rings (SSSR count). The number of nitrogens with two attached hydrogens (primary N) is 3. The van der Waals surface area contributed by atoms with E-state index >= 15 is 0 Å². The summed E-state index contributed by atoms with van der Waals surface area (Å²) in [5, 5.41) is 7.08. The van der Waals surface area contributed by atoms with E-state index in [0.717, 1.165) is 52.1 Å². The van der Waals surface area contributed by atoms with Crippen molar-refractivity contribution in [1.29, 1.82) is 0 Å². The van der Waals surface area contributed by atoms with Crippen LogP contribution < -0.4 is 17.2 Å². The molecule has 0 spiro atoms. The highest BCUT2D eigenvalue weighted by Gasteiger charge is 2.31. The van der Waals surface area contributed by atoms with Crippen LogP contribution in [0.15, 0.2) is 171 Å². The number of oxime groups is 2. The molecule has 8 aromatic rings. The van der Waals surface area contributed by atoms with Crippen LogP contribution in [0.5, 0.6) is 0 Å². The van der Waals surface area contributed by atoms with Gasteiger partial charge in [-0.1, -0.05) is 115 Å². The van der Waals surface area contributed by atoms with Gasteiger partial charge in [0.15, 0.2) is 41.7 Å². The van der Waals surface area contributed by atoms with Gasteiger partial charge in [0.05, 0.1) is 77.5 Å². The van der Waals surface area contributed by atoms with Gasteiger partial charge in [0, 0.05) is 43.1 Å². The highest BCUT2D eigenvalue weighted by Crippen LogP contribution is 2.35. The van der Waals surface area contributed by atoms with Gasteiger partial charge in [0.2, 0.25) is 0 Å². The molecule has 94 heavy (non-hydrogen) atoms. The molecule has 2 aliphatic rings. The van der Waals surface area contributed by atoms with Gasteiger partial charge in [-0.05, 0) is 133 Å². The highest BCUT2D eigenvalue weighted by atomic mass is 32.2. The summed E-state index contributed by atoms with van der Waals surface area (Å²) in [6.07, 6.45) is 8.03. The Bertz CT molecular complexity index is 4430. The lowest BCUT2D eigenvalue weighted by atomic mass is 10.0. The molecule has 25 heteroatoms. The van der Waals surface area contributed by atoms with Crippen molar-refractivity contribution < 1.29 is 44.5 Å². The number of carbonyl (C=O) groups is 1. The predicted octanol–water partition coefficient (Wildman–Crippen LogP) is 12.4. The Balaban J connectivity index is 0.000000189. The van der Waals surface area contributed by atoms with Gasteiger partial charge >= 0.3 is 6.09 Å². The molecule has 1 amide bonds. The quantitative estimate of drug-likeness (QED) is 0.0718. The number of sulfone groups is 3. The molecular weight excluding hydrogens is 1250 g/mol. The second-order valence-electron chi connectivity index (χ2n) is 24.3. The Morgan fingerprint density at radius 2 is 0.894 bits per heavy atom. The van der Waals surface area contributed by atoms with Crippen molar-refractivity contribution in [2.45, 2.75) is 150 Å². The van der Waals surface area contributed by atoms with Crippen molar-refractivity contribution in [3.05, 3.63) is 186 Å². The third kappa shape index (κ3) is 17.0. The fourth-order valence-corrected chi connectivity index (χ4v) is 12.7. The van der Waals surface area contributed by atoms with Gasteiger partial charge < -0.3 is 36.5 Å². The Labute approximate surface area is 550 Å². The lowest BCUT2D eigenvalue weighted by molar-refractivity contribution is 0.0285. The molecule has 0 fully saturated rings. The van der Waals surface area contributed by atoms with Crippen LogP contribution >= 0.6 is 0 Å². The van der Waals surface area contributed by atoms with E-state index in [1.165, 1.54) is 16.5 Å². The minimum Gasteiger partial charge on any atom is -0.444 e. The van der Waals surface area contributed by atoms with Gasteiger partial charge in [-0.3, -0.25) is 0 Å². The van der Waals surface area contributed by atoms with Crippen LogP contribution in [0, 0.1) is 0 Å². The van der Waals surface area contributed by atoms with Crippen molar-refractivity contribution in [2.75, 3.05) is 24.2 Å². The summed E-state index contributed by atoms with van der Waals surface area (Å²) >= 11 is 0. The third-order valence-electron chi connectivity index (χ3n) is 15.2. The number of carbonyl (C=O) groups excluding carboxylic acids is 1. The SMILES string of the molecule is C=Cc1nc(-c2ccc(S(=O)(=O)C(C)C)cc2)cnc1N.CC(C)S(=O)(=O)c1ccc(-c2cnc(N)c(C3CC(c4ccc(CN(C)C(=O)OC(C)(C)C)cc4)=NO3)n2)cc1.CCCc1ccc(C2=NOC(c3nc(-c4ccc(S(=O)(=O)C(C)C)cc4)cnc3N)C2)cc1. The Kier molecular flexibility index (Phi) is 22.2. The highest BCUT2D eigenvalue weighted by molar-refractivity contribution is 7.92. The summed E-state index contributed by atoms with van der Waals surface area (Å²) in [7, 11) is -8.27. The maximum absolute atomic E-state index is 12.4. The Morgan fingerprint density at radius 3 is 1.23 bits per heavy atom. The number of aryl methyl sites for hydroxylation is 1. The number of amides is 1. The number of aromatic nitrogens is 6. The molecule has 6 N–H and O–H groups in total. The average molecular weight is 1330 g/mol. The van der Waals surface area contributed by atoms with E-state index in [2.05, 4.69) is 78.0 Å². The molecule has 0 radical (unpaired) electrons. The maximum atomic E-state index is 12.4. The van der Waals surface area contributed by atoms with E-state index in [4.69, 9.17) is 31.6 Å². The zero-order valence-electron chi connectivity index (χ0n) is 54.5. The van der Waals surface area contributed by atoms with Crippen LogP contribution in [-0.4, -0.2) is 106 Å². The smallest absolute Gasteiger partial charge is 0.410 e. The molecule has 0 aliphatic carbocycles.